The van der Waals surface area contributed by atoms with E-state index in [2.05, 4.69) is 21.6 Å². The van der Waals surface area contributed by atoms with E-state index >= 15 is 0 Å². The lowest BCUT2D eigenvalue weighted by Gasteiger charge is -2.35. The van der Waals surface area contributed by atoms with Crippen LogP contribution in [0.1, 0.15) is 149 Å². The summed E-state index contributed by atoms with van der Waals surface area (Å²) < 4.78 is 4.71. The van der Waals surface area contributed by atoms with Crippen LogP contribution in [0.5, 0.6) is 0 Å². The number of rotatable bonds is 29. The molecule has 1 aliphatic rings. The summed E-state index contributed by atoms with van der Waals surface area (Å²) in [5.41, 5.74) is 0. The van der Waals surface area contributed by atoms with E-state index in [1.165, 1.54) is 169 Å². The Morgan fingerprint density at radius 2 is 0.951 bits per heavy atom. The van der Waals surface area contributed by atoms with Crippen molar-refractivity contribution in [1.82, 2.24) is 14.7 Å². The van der Waals surface area contributed by atoms with Gasteiger partial charge in [0.2, 0.25) is 0 Å². The quantitative estimate of drug-likeness (QED) is 0.0664. The molecule has 6 heteroatoms. The van der Waals surface area contributed by atoms with Gasteiger partial charge in [-0.05, 0) is 58.7 Å². The van der Waals surface area contributed by atoms with Gasteiger partial charge in [-0.25, -0.2) is 0 Å². The first-order chi connectivity index (χ1) is 20.0. The van der Waals surface area contributed by atoms with Gasteiger partial charge in [0.25, 0.3) is 0 Å². The Bertz CT molecular complexity index is 607. The lowest BCUT2D eigenvalue weighted by atomic mass is 10.1. The fourth-order valence-electron chi connectivity index (χ4n) is 6.06. The normalized spacial score (nSPS) is 14.6. The molecular formula is C35H69N3O3. The number of hydrogen-bond donors (Lipinski definition) is 0. The molecule has 0 aromatic carbocycles. The third-order valence-electron chi connectivity index (χ3n) is 8.82. The molecule has 6 nitrogen and oxygen atoms in total. The molecule has 0 amide bonds. The number of piperazine rings is 1. The zero-order chi connectivity index (χ0) is 29.8. The van der Waals surface area contributed by atoms with Gasteiger partial charge in [0, 0.05) is 52.1 Å². The molecule has 1 aliphatic heterocycles. The Hall–Kier alpha value is -0.980. The standard InChI is InChI=1S/C35H69N3O3/c1-4-25-36-28-31-38(32-29-36)33-30-37(26-21-17-13-9-5-7-11-15-19-23-34(2)39)27-22-18-14-10-6-8-12-16-20-24-35(40)41-3/h4-33H2,1-3H3. The van der Waals surface area contributed by atoms with Crippen LogP contribution in [0.25, 0.3) is 0 Å². The van der Waals surface area contributed by atoms with E-state index in [4.69, 9.17) is 4.74 Å². The summed E-state index contributed by atoms with van der Waals surface area (Å²) in [6.45, 7) is 15.2. The van der Waals surface area contributed by atoms with E-state index in [9.17, 15) is 9.59 Å². The van der Waals surface area contributed by atoms with Crippen LogP contribution in [0.2, 0.25) is 0 Å². The molecule has 0 aromatic rings. The number of ketones is 1. The monoisotopic (exact) mass is 580 g/mol. The molecule has 1 saturated heterocycles. The van der Waals surface area contributed by atoms with E-state index in [0.29, 0.717) is 12.2 Å². The van der Waals surface area contributed by atoms with Gasteiger partial charge in [-0.3, -0.25) is 9.69 Å². The predicted molar refractivity (Wildman–Crippen MR) is 175 cm³/mol. The third kappa shape index (κ3) is 24.2. The van der Waals surface area contributed by atoms with Crippen LogP contribution >= 0.6 is 0 Å². The Labute approximate surface area is 255 Å². The Kier molecular flexibility index (Phi) is 25.8. The number of unbranched alkanes of at least 4 members (excludes halogenated alkanes) is 16. The maximum atomic E-state index is 11.2. The van der Waals surface area contributed by atoms with Gasteiger partial charge in [-0.15, -0.1) is 0 Å². The number of Topliss-reactive ketones (excluding diaryl/α,β-unsaturated/α-hetero) is 1. The first kappa shape index (κ1) is 38.0. The average molecular weight is 580 g/mol. The Balaban J connectivity index is 2.15. The first-order valence-electron chi connectivity index (χ1n) is 17.8. The first-order valence-corrected chi connectivity index (χ1v) is 17.8. The minimum atomic E-state index is -0.0710. The van der Waals surface area contributed by atoms with Crippen LogP contribution in [-0.2, 0) is 14.3 Å². The van der Waals surface area contributed by atoms with E-state index in [1.807, 2.05) is 0 Å². The van der Waals surface area contributed by atoms with Crippen LogP contribution in [0, 0.1) is 0 Å². The van der Waals surface area contributed by atoms with E-state index < -0.39 is 0 Å². The zero-order valence-corrected chi connectivity index (χ0v) is 27.8. The molecule has 0 saturated carbocycles. The highest BCUT2D eigenvalue weighted by Crippen LogP contribution is 2.14. The number of methoxy groups -OCH3 is 1. The van der Waals surface area contributed by atoms with Crippen molar-refractivity contribution in [3.63, 3.8) is 0 Å². The zero-order valence-electron chi connectivity index (χ0n) is 27.8. The SMILES string of the molecule is CCCN1CCN(CCN(CCCCCCCCCCCC(C)=O)CCCCCCCCCCCC(=O)OC)CC1. The molecule has 0 unspecified atom stereocenters. The molecule has 1 fully saturated rings. The van der Waals surface area contributed by atoms with Crippen LogP contribution in [0.4, 0.5) is 0 Å². The molecule has 0 N–H and O–H groups in total. The predicted octanol–water partition coefficient (Wildman–Crippen LogP) is 7.88. The summed E-state index contributed by atoms with van der Waals surface area (Å²) in [6, 6.07) is 0. The van der Waals surface area contributed by atoms with Crippen molar-refractivity contribution in [3.05, 3.63) is 0 Å². The Morgan fingerprint density at radius 3 is 1.37 bits per heavy atom. The fourth-order valence-corrected chi connectivity index (χ4v) is 6.06. The van der Waals surface area contributed by atoms with Crippen molar-refractivity contribution < 1.29 is 14.3 Å². The summed E-state index contributed by atoms with van der Waals surface area (Å²) >= 11 is 0. The number of ether oxygens (including phenoxy) is 1. The minimum Gasteiger partial charge on any atom is -0.469 e. The molecule has 242 valence electrons. The Morgan fingerprint density at radius 1 is 0.561 bits per heavy atom. The molecule has 1 rings (SSSR count). The number of esters is 1. The maximum absolute atomic E-state index is 11.2. The van der Waals surface area contributed by atoms with Gasteiger partial charge in [0.05, 0.1) is 7.11 Å². The smallest absolute Gasteiger partial charge is 0.305 e. The molecule has 41 heavy (non-hydrogen) atoms. The summed E-state index contributed by atoms with van der Waals surface area (Å²) in [5, 5.41) is 0. The highest BCUT2D eigenvalue weighted by molar-refractivity contribution is 5.75. The number of hydrogen-bond acceptors (Lipinski definition) is 6. The molecule has 0 radical (unpaired) electrons. The summed E-state index contributed by atoms with van der Waals surface area (Å²) in [6.07, 6.45) is 25.8. The molecular weight excluding hydrogens is 510 g/mol. The van der Waals surface area contributed by atoms with Crippen molar-refractivity contribution in [2.24, 2.45) is 0 Å². The lowest BCUT2D eigenvalue weighted by molar-refractivity contribution is -0.140. The molecule has 0 bridgehead atoms. The summed E-state index contributed by atoms with van der Waals surface area (Å²) in [7, 11) is 1.48. The van der Waals surface area contributed by atoms with Crippen molar-refractivity contribution in [3.8, 4) is 0 Å². The second-order valence-corrected chi connectivity index (χ2v) is 12.7. The van der Waals surface area contributed by atoms with E-state index in [-0.39, 0.29) is 5.97 Å². The molecule has 0 aliphatic carbocycles. The van der Waals surface area contributed by atoms with Crippen LogP contribution in [0.15, 0.2) is 0 Å². The third-order valence-corrected chi connectivity index (χ3v) is 8.82. The van der Waals surface area contributed by atoms with Gasteiger partial charge in [0.15, 0.2) is 0 Å². The highest BCUT2D eigenvalue weighted by atomic mass is 16.5. The summed E-state index contributed by atoms with van der Waals surface area (Å²) in [5.74, 6) is 0.267. The van der Waals surface area contributed by atoms with Gasteiger partial charge >= 0.3 is 5.97 Å². The summed E-state index contributed by atoms with van der Waals surface area (Å²) in [4.78, 5) is 30.3. The number of carbonyl (C=O) groups is 2. The fraction of sp³-hybridized carbons (Fsp3) is 0.943. The van der Waals surface area contributed by atoms with Crippen LogP contribution in [-0.4, -0.2) is 92.5 Å². The van der Waals surface area contributed by atoms with Gasteiger partial charge in [-0.1, -0.05) is 96.8 Å². The van der Waals surface area contributed by atoms with Crippen LogP contribution < -0.4 is 0 Å². The van der Waals surface area contributed by atoms with E-state index in [0.717, 1.165) is 25.7 Å². The van der Waals surface area contributed by atoms with Crippen molar-refractivity contribution in [1.29, 1.82) is 0 Å². The van der Waals surface area contributed by atoms with Crippen molar-refractivity contribution in [2.45, 2.75) is 149 Å². The second-order valence-electron chi connectivity index (χ2n) is 12.7. The van der Waals surface area contributed by atoms with Crippen LogP contribution in [0.3, 0.4) is 0 Å². The topological polar surface area (TPSA) is 53.1 Å². The largest absolute Gasteiger partial charge is 0.469 e. The van der Waals surface area contributed by atoms with E-state index in [1.54, 1.807) is 6.92 Å². The second kappa shape index (κ2) is 27.8. The number of nitrogens with zero attached hydrogens (tertiary/aromatic N) is 3. The molecule has 0 aromatic heterocycles. The maximum Gasteiger partial charge on any atom is 0.305 e. The minimum absolute atomic E-state index is 0.0710. The average Bonchev–Trinajstić information content (AvgIpc) is 2.97. The molecule has 0 atom stereocenters. The molecule has 0 spiro atoms. The van der Waals surface area contributed by atoms with Gasteiger partial charge < -0.3 is 19.3 Å². The van der Waals surface area contributed by atoms with Gasteiger partial charge in [-0.2, -0.15) is 0 Å². The van der Waals surface area contributed by atoms with Gasteiger partial charge in [0.1, 0.15) is 5.78 Å². The van der Waals surface area contributed by atoms with Crippen molar-refractivity contribution in [2.75, 3.05) is 66.0 Å². The van der Waals surface area contributed by atoms with Crippen molar-refractivity contribution >= 4 is 11.8 Å². The number of carbonyl (C=O) groups excluding carboxylic acids is 2. The lowest BCUT2D eigenvalue weighted by Crippen LogP contribution is -2.48. The molecule has 1 heterocycles. The highest BCUT2D eigenvalue weighted by Gasteiger charge is 2.16.